The topological polar surface area (TPSA) is 84.2 Å². The third-order valence-electron chi connectivity index (χ3n) is 2.51. The molecule has 4 N–H and O–H groups in total. The maximum absolute atomic E-state index is 12.5. The second-order valence-corrected chi connectivity index (χ2v) is 4.15. The van der Waals surface area contributed by atoms with Crippen LogP contribution in [0.25, 0.3) is 0 Å². The van der Waals surface area contributed by atoms with Gasteiger partial charge in [0.05, 0.1) is 11.6 Å². The van der Waals surface area contributed by atoms with E-state index < -0.39 is 29.7 Å². The molecule has 0 aliphatic carbocycles. The molecule has 0 bridgehead atoms. The van der Waals surface area contributed by atoms with Crippen LogP contribution in [0.2, 0.25) is 0 Å². The Bertz CT molecular complexity index is 503. The molecule has 110 valence electrons. The molecule has 5 nitrogen and oxygen atoms in total. The van der Waals surface area contributed by atoms with E-state index in [2.05, 4.69) is 5.32 Å². The highest BCUT2D eigenvalue weighted by Gasteiger charge is 2.30. The van der Waals surface area contributed by atoms with E-state index in [4.69, 9.17) is 5.73 Å². The maximum Gasteiger partial charge on any atom is 0.416 e. The lowest BCUT2D eigenvalue weighted by Crippen LogP contribution is -2.46. The van der Waals surface area contributed by atoms with E-state index in [1.165, 1.54) is 19.1 Å². The fraction of sp³-hybridized carbons (Fsp3) is 0.333. The monoisotopic (exact) mass is 289 g/mol. The molecule has 0 fully saturated rings. The lowest BCUT2D eigenvalue weighted by atomic mass is 10.1. The average Bonchev–Trinajstić information content (AvgIpc) is 2.34. The molecule has 0 radical (unpaired) electrons. The van der Waals surface area contributed by atoms with E-state index >= 15 is 0 Å². The van der Waals surface area contributed by atoms with E-state index in [1.807, 2.05) is 5.32 Å². The molecule has 1 unspecified atom stereocenters. The van der Waals surface area contributed by atoms with Crippen molar-refractivity contribution in [2.45, 2.75) is 25.7 Å². The van der Waals surface area contributed by atoms with Gasteiger partial charge in [0, 0.05) is 6.54 Å². The van der Waals surface area contributed by atoms with E-state index in [1.54, 1.807) is 0 Å². The molecule has 0 spiro atoms. The standard InChI is InChI=1S/C12H14F3N3O2/c1-7(10(19)18-11(16)20)17-6-8-3-2-4-9(5-8)12(13,14)15/h2-5,7,17H,6H2,1H3,(H3,16,18,19,20). The summed E-state index contributed by atoms with van der Waals surface area (Å²) in [6.45, 7) is 1.52. The molecule has 8 heteroatoms. The van der Waals surface area contributed by atoms with Crippen molar-refractivity contribution >= 4 is 11.9 Å². The Morgan fingerprint density at radius 1 is 1.35 bits per heavy atom. The third kappa shape index (κ3) is 4.88. The van der Waals surface area contributed by atoms with Gasteiger partial charge < -0.3 is 11.1 Å². The second-order valence-electron chi connectivity index (χ2n) is 4.15. The van der Waals surface area contributed by atoms with Crippen molar-refractivity contribution in [2.75, 3.05) is 0 Å². The van der Waals surface area contributed by atoms with Gasteiger partial charge in [0.1, 0.15) is 0 Å². The van der Waals surface area contributed by atoms with Crippen LogP contribution in [0.3, 0.4) is 0 Å². The molecule has 0 aliphatic heterocycles. The van der Waals surface area contributed by atoms with Crippen LogP contribution in [0.15, 0.2) is 24.3 Å². The molecule has 0 aromatic heterocycles. The Labute approximate surface area is 113 Å². The largest absolute Gasteiger partial charge is 0.416 e. The summed E-state index contributed by atoms with van der Waals surface area (Å²) in [4.78, 5) is 21.8. The van der Waals surface area contributed by atoms with Gasteiger partial charge >= 0.3 is 12.2 Å². The number of hydrogen-bond acceptors (Lipinski definition) is 3. The maximum atomic E-state index is 12.5. The van der Waals surface area contributed by atoms with Crippen molar-refractivity contribution in [2.24, 2.45) is 5.73 Å². The quantitative estimate of drug-likeness (QED) is 0.783. The number of hydrogen-bond donors (Lipinski definition) is 3. The summed E-state index contributed by atoms with van der Waals surface area (Å²) in [6.07, 6.45) is -4.41. The second kappa shape index (κ2) is 6.38. The van der Waals surface area contributed by atoms with Crippen LogP contribution in [-0.4, -0.2) is 18.0 Å². The SMILES string of the molecule is CC(NCc1cccc(C(F)(F)F)c1)C(=O)NC(N)=O. The summed E-state index contributed by atoms with van der Waals surface area (Å²) >= 11 is 0. The normalized spacial score (nSPS) is 12.8. The molecule has 20 heavy (non-hydrogen) atoms. The number of amides is 3. The first-order valence-corrected chi connectivity index (χ1v) is 5.70. The highest BCUT2D eigenvalue weighted by molar-refractivity contribution is 5.96. The Morgan fingerprint density at radius 2 is 2.00 bits per heavy atom. The number of nitrogens with one attached hydrogen (secondary N) is 2. The minimum atomic E-state index is -4.41. The van der Waals surface area contributed by atoms with Crippen LogP contribution in [0, 0.1) is 0 Å². The van der Waals surface area contributed by atoms with Gasteiger partial charge in [0.15, 0.2) is 0 Å². The summed E-state index contributed by atoms with van der Waals surface area (Å²) < 4.78 is 37.5. The van der Waals surface area contributed by atoms with Crippen molar-refractivity contribution in [1.29, 1.82) is 0 Å². The van der Waals surface area contributed by atoms with E-state index in [0.717, 1.165) is 12.1 Å². The number of alkyl halides is 3. The molecular weight excluding hydrogens is 275 g/mol. The van der Waals surface area contributed by atoms with Gasteiger partial charge in [-0.3, -0.25) is 10.1 Å². The van der Waals surface area contributed by atoms with Gasteiger partial charge in [0.2, 0.25) is 5.91 Å². The Kier molecular flexibility index (Phi) is 5.09. The lowest BCUT2D eigenvalue weighted by Gasteiger charge is -2.13. The van der Waals surface area contributed by atoms with E-state index in [9.17, 15) is 22.8 Å². The molecule has 0 saturated carbocycles. The van der Waals surface area contributed by atoms with Crippen LogP contribution in [0.4, 0.5) is 18.0 Å². The number of rotatable bonds is 4. The van der Waals surface area contributed by atoms with Crippen LogP contribution < -0.4 is 16.4 Å². The molecule has 1 aromatic rings. The van der Waals surface area contributed by atoms with Crippen LogP contribution >= 0.6 is 0 Å². The molecule has 1 aromatic carbocycles. The van der Waals surface area contributed by atoms with Gasteiger partial charge in [-0.25, -0.2) is 4.79 Å². The number of imide groups is 1. The minimum Gasteiger partial charge on any atom is -0.351 e. The molecule has 1 atom stereocenters. The number of primary amides is 1. The van der Waals surface area contributed by atoms with Gasteiger partial charge in [-0.2, -0.15) is 13.2 Å². The summed E-state index contributed by atoms with van der Waals surface area (Å²) in [7, 11) is 0. The molecule has 0 aliphatic rings. The number of benzene rings is 1. The number of urea groups is 1. The predicted octanol–water partition coefficient (Wildman–Crippen LogP) is 1.38. The Morgan fingerprint density at radius 3 is 2.55 bits per heavy atom. The first kappa shape index (κ1) is 16.0. The van der Waals surface area contributed by atoms with Crippen molar-refractivity contribution in [1.82, 2.24) is 10.6 Å². The zero-order valence-electron chi connectivity index (χ0n) is 10.6. The molecule has 0 heterocycles. The number of halogens is 3. The smallest absolute Gasteiger partial charge is 0.351 e. The van der Waals surface area contributed by atoms with Gasteiger partial charge in [0.25, 0.3) is 0 Å². The summed E-state index contributed by atoms with van der Waals surface area (Å²) in [5.74, 6) is -0.649. The van der Waals surface area contributed by atoms with Gasteiger partial charge in [-0.05, 0) is 18.6 Å². The zero-order valence-corrected chi connectivity index (χ0v) is 10.6. The van der Waals surface area contributed by atoms with Crippen LogP contribution in [0.1, 0.15) is 18.1 Å². The summed E-state index contributed by atoms with van der Waals surface area (Å²) in [5, 5.41) is 4.57. The molecule has 0 saturated heterocycles. The van der Waals surface area contributed by atoms with E-state index in [-0.39, 0.29) is 6.54 Å². The Balaban J connectivity index is 2.62. The first-order valence-electron chi connectivity index (χ1n) is 5.70. The third-order valence-corrected chi connectivity index (χ3v) is 2.51. The van der Waals surface area contributed by atoms with Crippen molar-refractivity contribution in [3.8, 4) is 0 Å². The number of carbonyl (C=O) groups is 2. The number of carbonyl (C=O) groups excluding carboxylic acids is 2. The molecule has 1 rings (SSSR count). The lowest BCUT2D eigenvalue weighted by molar-refractivity contribution is -0.137. The average molecular weight is 289 g/mol. The molecule has 3 amide bonds. The van der Waals surface area contributed by atoms with Crippen molar-refractivity contribution in [3.05, 3.63) is 35.4 Å². The summed E-state index contributed by atoms with van der Waals surface area (Å²) in [6, 6.07) is 2.99. The van der Waals surface area contributed by atoms with Crippen molar-refractivity contribution in [3.63, 3.8) is 0 Å². The summed E-state index contributed by atoms with van der Waals surface area (Å²) in [5.41, 5.74) is 4.40. The highest BCUT2D eigenvalue weighted by Crippen LogP contribution is 2.29. The minimum absolute atomic E-state index is 0.0528. The fourth-order valence-corrected chi connectivity index (χ4v) is 1.45. The zero-order chi connectivity index (χ0) is 15.3. The van der Waals surface area contributed by atoms with Crippen LogP contribution in [-0.2, 0) is 17.5 Å². The molecular formula is C12H14F3N3O2. The first-order chi connectivity index (χ1) is 9.20. The van der Waals surface area contributed by atoms with Gasteiger partial charge in [-0.15, -0.1) is 0 Å². The highest BCUT2D eigenvalue weighted by atomic mass is 19.4. The fourth-order valence-electron chi connectivity index (χ4n) is 1.45. The van der Waals surface area contributed by atoms with Crippen LogP contribution in [0.5, 0.6) is 0 Å². The van der Waals surface area contributed by atoms with Gasteiger partial charge in [-0.1, -0.05) is 18.2 Å². The van der Waals surface area contributed by atoms with E-state index in [0.29, 0.717) is 5.56 Å². The van der Waals surface area contributed by atoms with Crippen molar-refractivity contribution < 1.29 is 22.8 Å². The Hall–Kier alpha value is -2.09. The number of nitrogens with two attached hydrogens (primary N) is 1. The predicted molar refractivity (Wildman–Crippen MR) is 65.5 cm³/mol.